The number of amides is 1. The van der Waals surface area contributed by atoms with Crippen LogP contribution >= 0.6 is 0 Å². The molecule has 1 aromatic heterocycles. The molecule has 3 rings (SSSR count). The van der Waals surface area contributed by atoms with E-state index in [1.807, 2.05) is 19.1 Å². The van der Waals surface area contributed by atoms with Gasteiger partial charge in [-0.15, -0.1) is 0 Å². The molecule has 152 valence electrons. The Morgan fingerprint density at radius 3 is 2.52 bits per heavy atom. The first-order chi connectivity index (χ1) is 14.0. The lowest BCUT2D eigenvalue weighted by molar-refractivity contribution is 0.0739. The van der Waals surface area contributed by atoms with Gasteiger partial charge in [0.2, 0.25) is 0 Å². The fourth-order valence-corrected chi connectivity index (χ4v) is 3.01. The molecule has 1 heterocycles. The van der Waals surface area contributed by atoms with E-state index in [9.17, 15) is 9.18 Å². The molecule has 0 aliphatic rings. The molecule has 0 radical (unpaired) electrons. The van der Waals surface area contributed by atoms with Gasteiger partial charge in [-0.1, -0.05) is 12.1 Å². The summed E-state index contributed by atoms with van der Waals surface area (Å²) < 4.78 is 29.3. The largest absolute Gasteiger partial charge is 0.497 e. The fraction of sp³-hybridized carbons (Fsp3) is 0.273. The highest BCUT2D eigenvalue weighted by Crippen LogP contribution is 2.33. The Morgan fingerprint density at radius 1 is 1.10 bits per heavy atom. The van der Waals surface area contributed by atoms with Crippen molar-refractivity contribution in [1.29, 1.82) is 0 Å². The van der Waals surface area contributed by atoms with E-state index in [-0.39, 0.29) is 18.3 Å². The molecule has 7 heteroatoms. The zero-order valence-electron chi connectivity index (χ0n) is 16.6. The highest BCUT2D eigenvalue weighted by molar-refractivity contribution is 5.94. The van der Waals surface area contributed by atoms with Crippen molar-refractivity contribution in [3.05, 3.63) is 65.6 Å². The van der Waals surface area contributed by atoms with Gasteiger partial charge >= 0.3 is 0 Å². The molecular weight excluding hydrogens is 375 g/mol. The third-order valence-corrected chi connectivity index (χ3v) is 4.46. The summed E-state index contributed by atoms with van der Waals surface area (Å²) in [5, 5.41) is 4.11. The molecule has 6 nitrogen and oxygen atoms in total. The Kier molecular flexibility index (Phi) is 6.49. The van der Waals surface area contributed by atoms with Gasteiger partial charge in [0.05, 0.1) is 26.3 Å². The van der Waals surface area contributed by atoms with Crippen molar-refractivity contribution in [2.75, 3.05) is 20.8 Å². The standard InChI is InChI=1S/C22H23FN2O4/c1-4-11-25(22(26)15-5-7-16(23)8-6-15)14-17-12-21(29-24-17)19-10-9-18(27-2)13-20(19)28-3/h5-10,12-13H,4,11,14H2,1-3H3. The van der Waals surface area contributed by atoms with E-state index >= 15 is 0 Å². The highest BCUT2D eigenvalue weighted by Gasteiger charge is 2.19. The Bertz CT molecular complexity index is 969. The SMILES string of the molecule is CCCN(Cc1cc(-c2ccc(OC)cc2OC)on1)C(=O)c1ccc(F)cc1. The molecule has 0 aliphatic heterocycles. The second-order valence-corrected chi connectivity index (χ2v) is 6.48. The van der Waals surface area contributed by atoms with Crippen LogP contribution in [0.25, 0.3) is 11.3 Å². The molecular formula is C22H23FN2O4. The van der Waals surface area contributed by atoms with Crippen LogP contribution in [0.3, 0.4) is 0 Å². The smallest absolute Gasteiger partial charge is 0.254 e. The maximum Gasteiger partial charge on any atom is 0.254 e. The summed E-state index contributed by atoms with van der Waals surface area (Å²) in [6.07, 6.45) is 0.782. The summed E-state index contributed by atoms with van der Waals surface area (Å²) in [5.74, 6) is 1.24. The normalized spacial score (nSPS) is 10.6. The topological polar surface area (TPSA) is 64.8 Å². The van der Waals surface area contributed by atoms with E-state index < -0.39 is 0 Å². The van der Waals surface area contributed by atoms with Crippen LogP contribution in [-0.2, 0) is 6.54 Å². The van der Waals surface area contributed by atoms with Crippen molar-refractivity contribution in [1.82, 2.24) is 10.1 Å². The maximum absolute atomic E-state index is 13.2. The molecule has 2 aromatic carbocycles. The summed E-state index contributed by atoms with van der Waals surface area (Å²) in [7, 11) is 3.15. The van der Waals surface area contributed by atoms with Gasteiger partial charge in [0.25, 0.3) is 5.91 Å². The van der Waals surface area contributed by atoms with Crippen molar-refractivity contribution in [3.63, 3.8) is 0 Å². The number of carbonyl (C=O) groups excluding carboxylic acids is 1. The second-order valence-electron chi connectivity index (χ2n) is 6.48. The van der Waals surface area contributed by atoms with Gasteiger partial charge in [0, 0.05) is 24.2 Å². The number of aromatic nitrogens is 1. The predicted molar refractivity (Wildman–Crippen MR) is 106 cm³/mol. The monoisotopic (exact) mass is 398 g/mol. The molecule has 0 fully saturated rings. The fourth-order valence-electron chi connectivity index (χ4n) is 3.01. The van der Waals surface area contributed by atoms with E-state index in [0.717, 1.165) is 12.0 Å². The van der Waals surface area contributed by atoms with Crippen LogP contribution < -0.4 is 9.47 Å². The molecule has 0 aliphatic carbocycles. The Balaban J connectivity index is 1.81. The lowest BCUT2D eigenvalue weighted by Crippen LogP contribution is -2.31. The molecule has 0 spiro atoms. The van der Waals surface area contributed by atoms with Crippen molar-refractivity contribution >= 4 is 5.91 Å². The third kappa shape index (κ3) is 4.74. The average Bonchev–Trinajstić information content (AvgIpc) is 3.21. The minimum atomic E-state index is -0.377. The van der Waals surface area contributed by atoms with Crippen molar-refractivity contribution in [2.24, 2.45) is 0 Å². The number of rotatable bonds is 8. The van der Waals surface area contributed by atoms with Gasteiger partial charge in [-0.05, 0) is 42.8 Å². The minimum Gasteiger partial charge on any atom is -0.497 e. The summed E-state index contributed by atoms with van der Waals surface area (Å²) in [6.45, 7) is 2.82. The maximum atomic E-state index is 13.2. The number of nitrogens with zero attached hydrogens (tertiary/aromatic N) is 2. The van der Waals surface area contributed by atoms with Crippen LogP contribution in [0.5, 0.6) is 11.5 Å². The molecule has 0 atom stereocenters. The first kappa shape index (κ1) is 20.4. The van der Waals surface area contributed by atoms with E-state index in [1.165, 1.54) is 24.3 Å². The molecule has 0 bridgehead atoms. The van der Waals surface area contributed by atoms with Crippen molar-refractivity contribution in [3.8, 4) is 22.8 Å². The Morgan fingerprint density at radius 2 is 1.86 bits per heavy atom. The molecule has 0 saturated carbocycles. The summed E-state index contributed by atoms with van der Waals surface area (Å²) >= 11 is 0. The predicted octanol–water partition coefficient (Wildman–Crippen LogP) is 4.55. The van der Waals surface area contributed by atoms with Crippen LogP contribution in [0, 0.1) is 5.82 Å². The summed E-state index contributed by atoms with van der Waals surface area (Å²) in [4.78, 5) is 14.5. The minimum absolute atomic E-state index is 0.182. The summed E-state index contributed by atoms with van der Waals surface area (Å²) in [5.41, 5.74) is 1.78. The molecule has 0 saturated heterocycles. The van der Waals surface area contributed by atoms with Gasteiger partial charge in [0.15, 0.2) is 5.76 Å². The first-order valence-corrected chi connectivity index (χ1v) is 9.28. The van der Waals surface area contributed by atoms with E-state index in [4.69, 9.17) is 14.0 Å². The van der Waals surface area contributed by atoms with Crippen molar-refractivity contribution in [2.45, 2.75) is 19.9 Å². The van der Waals surface area contributed by atoms with Crippen LogP contribution in [0.4, 0.5) is 4.39 Å². The zero-order valence-corrected chi connectivity index (χ0v) is 16.6. The first-order valence-electron chi connectivity index (χ1n) is 9.28. The van der Waals surface area contributed by atoms with Crippen LogP contribution in [0.1, 0.15) is 29.4 Å². The Hall–Kier alpha value is -3.35. The van der Waals surface area contributed by atoms with Gasteiger partial charge < -0.3 is 18.9 Å². The van der Waals surface area contributed by atoms with E-state index in [2.05, 4.69) is 5.16 Å². The van der Waals surface area contributed by atoms with Gasteiger partial charge in [0.1, 0.15) is 23.0 Å². The second kappa shape index (κ2) is 9.23. The zero-order chi connectivity index (χ0) is 20.8. The number of carbonyl (C=O) groups is 1. The number of benzene rings is 2. The lowest BCUT2D eigenvalue weighted by atomic mass is 10.1. The number of halogens is 1. The molecule has 0 unspecified atom stereocenters. The lowest BCUT2D eigenvalue weighted by Gasteiger charge is -2.21. The molecule has 1 amide bonds. The number of methoxy groups -OCH3 is 2. The average molecular weight is 398 g/mol. The van der Waals surface area contributed by atoms with Gasteiger partial charge in [-0.25, -0.2) is 4.39 Å². The van der Waals surface area contributed by atoms with Crippen LogP contribution in [0.15, 0.2) is 53.1 Å². The van der Waals surface area contributed by atoms with Crippen LogP contribution in [0.2, 0.25) is 0 Å². The van der Waals surface area contributed by atoms with Crippen molar-refractivity contribution < 1.29 is 23.2 Å². The number of hydrogen-bond donors (Lipinski definition) is 0. The molecule has 29 heavy (non-hydrogen) atoms. The summed E-state index contributed by atoms with van der Waals surface area (Å²) in [6, 6.07) is 12.7. The molecule has 3 aromatic rings. The van der Waals surface area contributed by atoms with Gasteiger partial charge in [-0.2, -0.15) is 0 Å². The molecule has 0 N–H and O–H groups in total. The van der Waals surface area contributed by atoms with Gasteiger partial charge in [-0.3, -0.25) is 4.79 Å². The van der Waals surface area contributed by atoms with Crippen LogP contribution in [-0.4, -0.2) is 36.7 Å². The quantitative estimate of drug-likeness (QED) is 0.557. The Labute approximate surface area is 168 Å². The number of hydrogen-bond acceptors (Lipinski definition) is 5. The number of ether oxygens (including phenoxy) is 2. The van der Waals surface area contributed by atoms with E-state index in [1.54, 1.807) is 31.3 Å². The highest BCUT2D eigenvalue weighted by atomic mass is 19.1. The third-order valence-electron chi connectivity index (χ3n) is 4.46. The van der Waals surface area contributed by atoms with E-state index in [0.29, 0.717) is 35.1 Å².